The van der Waals surface area contributed by atoms with Crippen molar-refractivity contribution in [3.8, 4) is 22.4 Å². The largest absolute Gasteiger partial charge is 0.428 e. The van der Waals surface area contributed by atoms with Crippen molar-refractivity contribution in [2.75, 3.05) is 5.73 Å². The maximum atomic E-state index is 14.8. The van der Waals surface area contributed by atoms with Gasteiger partial charge in [0.2, 0.25) is 5.65 Å². The van der Waals surface area contributed by atoms with E-state index in [9.17, 15) is 14.3 Å². The summed E-state index contributed by atoms with van der Waals surface area (Å²) in [6, 6.07) is 13.5. The molecule has 10 rings (SSSR count). The zero-order chi connectivity index (χ0) is 24.3. The predicted octanol–water partition coefficient (Wildman–Crippen LogP) is 1.88. The van der Waals surface area contributed by atoms with Crippen LogP contribution in [0.15, 0.2) is 47.3 Å². The molecule has 8 nitrogen and oxygen atoms in total. The Morgan fingerprint density at radius 2 is 1.78 bits per heavy atom. The van der Waals surface area contributed by atoms with E-state index in [-0.39, 0.29) is 41.4 Å². The van der Waals surface area contributed by atoms with Crippen LogP contribution in [-0.2, 0) is 13.2 Å². The molecule has 0 aliphatic heterocycles. The standard InChI is InChI=1S/C27H23FN6O2/c1-11-7-13(8-14(9-35)30-11)15-22(12-5-3-2-4-6-12)31-24(29)34-23(15)32-33(25(34)36)10-26-16-19-17(26)21-18(26)20(16)27(19,21)28/h2-8,16-21,35H,9-10H2,1H3,(H2,29,30,31,32)/p+1. The van der Waals surface area contributed by atoms with E-state index in [0.29, 0.717) is 41.3 Å². The Balaban J connectivity index is 1.25. The molecular formula is C27H24FN6O2+. The van der Waals surface area contributed by atoms with Gasteiger partial charge in [-0.1, -0.05) is 30.3 Å². The summed E-state index contributed by atoms with van der Waals surface area (Å²) >= 11 is 0. The quantitative estimate of drug-likeness (QED) is 0.375. The van der Waals surface area contributed by atoms with Crippen molar-refractivity contribution >= 4 is 11.6 Å². The SMILES string of the molecule is Cc1cc(-c2c(-c3ccccc3)nc(N)[n+]3c(=O)n(CC45C6C7C4C4C5C6C74F)[nH]c23)cc(CO)n1. The number of anilines is 1. The highest BCUT2D eigenvalue weighted by Gasteiger charge is 3.11. The van der Waals surface area contributed by atoms with Crippen molar-refractivity contribution in [3.63, 3.8) is 0 Å². The van der Waals surface area contributed by atoms with Gasteiger partial charge in [-0.05, 0) is 42.4 Å². The fourth-order valence-electron chi connectivity index (χ4n) is 9.51. The second kappa shape index (κ2) is 5.70. The van der Waals surface area contributed by atoms with E-state index < -0.39 is 5.67 Å². The third-order valence-electron chi connectivity index (χ3n) is 10.5. The Hall–Kier alpha value is -3.59. The van der Waals surface area contributed by atoms with Gasteiger partial charge in [-0.15, -0.1) is 9.38 Å². The van der Waals surface area contributed by atoms with Crippen LogP contribution >= 0.6 is 0 Å². The highest BCUT2D eigenvalue weighted by atomic mass is 19.1. The number of fused-ring (bicyclic) bond motifs is 1. The number of halogens is 1. The van der Waals surface area contributed by atoms with E-state index in [2.05, 4.69) is 10.1 Å². The number of H-pyrrole nitrogens is 1. The number of rotatable bonds is 5. The molecule has 6 aliphatic rings. The number of aliphatic hydroxyl groups is 1. The number of aliphatic hydroxyl groups excluding tert-OH is 1. The monoisotopic (exact) mass is 483 g/mol. The molecule has 6 fully saturated rings. The number of nitrogens with one attached hydrogen (secondary N) is 1. The molecule has 0 unspecified atom stereocenters. The van der Waals surface area contributed by atoms with Gasteiger partial charge in [0.05, 0.1) is 24.4 Å². The number of pyridine rings is 1. The molecule has 0 saturated heterocycles. The number of nitrogens with zero attached hydrogens (tertiary/aromatic N) is 4. The summed E-state index contributed by atoms with van der Waals surface area (Å²) in [6.07, 6.45) is 0. The van der Waals surface area contributed by atoms with Crippen molar-refractivity contribution in [2.24, 2.45) is 40.9 Å². The number of hydrogen-bond acceptors (Lipinski definition) is 5. The van der Waals surface area contributed by atoms with E-state index in [0.717, 1.165) is 22.4 Å². The van der Waals surface area contributed by atoms with Crippen molar-refractivity contribution < 1.29 is 13.9 Å². The Kier molecular flexibility index (Phi) is 3.10. The molecule has 3 heterocycles. The highest BCUT2D eigenvalue weighted by Crippen LogP contribution is 3.08. The minimum atomic E-state index is -0.850. The number of hydrogen-bond donors (Lipinski definition) is 3. The minimum absolute atomic E-state index is 0.0844. The average molecular weight is 484 g/mol. The van der Waals surface area contributed by atoms with Gasteiger partial charge in [-0.3, -0.25) is 4.98 Å². The lowest BCUT2D eigenvalue weighted by atomic mass is 8.95. The molecule has 0 atom stereocenters. The fourth-order valence-corrected chi connectivity index (χ4v) is 9.51. The van der Waals surface area contributed by atoms with Crippen LogP contribution < -0.4 is 15.8 Å². The number of nitrogens with two attached hydrogens (primary N) is 1. The first-order chi connectivity index (χ1) is 17.4. The molecule has 6 aliphatic carbocycles. The van der Waals surface area contributed by atoms with E-state index in [1.807, 2.05) is 49.4 Å². The number of benzene rings is 1. The number of aryl methyl sites for hydroxylation is 1. The average Bonchev–Trinajstić information content (AvgIpc) is 3.22. The molecular weight excluding hydrogens is 459 g/mol. The maximum Gasteiger partial charge on any atom is 0.428 e. The van der Waals surface area contributed by atoms with Crippen LogP contribution in [0.5, 0.6) is 0 Å². The van der Waals surface area contributed by atoms with Crippen LogP contribution in [0.1, 0.15) is 11.4 Å². The Morgan fingerprint density at radius 3 is 2.44 bits per heavy atom. The molecule has 4 N–H and O–H groups in total. The first kappa shape index (κ1) is 19.6. The van der Waals surface area contributed by atoms with Gasteiger partial charge in [0, 0.05) is 34.4 Å². The zero-order valence-electron chi connectivity index (χ0n) is 19.5. The van der Waals surface area contributed by atoms with E-state index >= 15 is 0 Å². The molecule has 6 saturated carbocycles. The summed E-state index contributed by atoms with van der Waals surface area (Å²) in [5.41, 5.74) is 10.2. The maximum absolute atomic E-state index is 14.8. The third-order valence-corrected chi connectivity index (χ3v) is 10.5. The second-order valence-corrected chi connectivity index (χ2v) is 11.5. The van der Waals surface area contributed by atoms with Crippen LogP contribution in [0.4, 0.5) is 10.3 Å². The van der Waals surface area contributed by atoms with Gasteiger partial charge in [-0.25, -0.2) is 14.3 Å². The second-order valence-electron chi connectivity index (χ2n) is 11.5. The lowest BCUT2D eigenvalue weighted by Crippen LogP contribution is -3.12. The molecule has 9 heteroatoms. The normalized spacial score (nSPS) is 37.4. The number of alkyl halides is 1. The molecule has 0 bridgehead atoms. The van der Waals surface area contributed by atoms with Gasteiger partial charge in [0.15, 0.2) is 0 Å². The smallest absolute Gasteiger partial charge is 0.390 e. The van der Waals surface area contributed by atoms with Gasteiger partial charge in [-0.2, -0.15) is 4.68 Å². The van der Waals surface area contributed by atoms with Crippen LogP contribution in [0, 0.1) is 47.8 Å². The molecule has 4 aromatic rings. The summed E-state index contributed by atoms with van der Waals surface area (Å²) < 4.78 is 18.0. The van der Waals surface area contributed by atoms with Crippen molar-refractivity contribution in [1.29, 1.82) is 0 Å². The summed E-state index contributed by atoms with van der Waals surface area (Å²) in [4.78, 5) is 22.8. The highest BCUT2D eigenvalue weighted by molar-refractivity contribution is 5.88. The minimum Gasteiger partial charge on any atom is -0.390 e. The summed E-state index contributed by atoms with van der Waals surface area (Å²) in [7, 11) is 0. The molecule has 0 amide bonds. The molecule has 0 radical (unpaired) electrons. The zero-order valence-corrected chi connectivity index (χ0v) is 19.5. The van der Waals surface area contributed by atoms with Crippen molar-refractivity contribution in [2.45, 2.75) is 25.7 Å². The Bertz CT molecular complexity index is 1670. The van der Waals surface area contributed by atoms with Gasteiger partial charge >= 0.3 is 11.6 Å². The molecule has 36 heavy (non-hydrogen) atoms. The summed E-state index contributed by atoms with van der Waals surface area (Å²) in [6.45, 7) is 2.25. The topological polar surface area (TPSA) is 114 Å². The third kappa shape index (κ3) is 1.73. The van der Waals surface area contributed by atoms with E-state index in [1.54, 1.807) is 4.68 Å². The van der Waals surface area contributed by atoms with E-state index in [1.165, 1.54) is 4.40 Å². The van der Waals surface area contributed by atoms with Crippen LogP contribution in [0.3, 0.4) is 0 Å². The van der Waals surface area contributed by atoms with E-state index in [4.69, 9.17) is 10.7 Å². The van der Waals surface area contributed by atoms with Crippen LogP contribution in [0.2, 0.25) is 0 Å². The lowest BCUT2D eigenvalue weighted by molar-refractivity contribution is -0.650. The van der Waals surface area contributed by atoms with Gasteiger partial charge in [0.1, 0.15) is 11.4 Å². The Labute approximate surface area is 204 Å². The summed E-state index contributed by atoms with van der Waals surface area (Å²) in [5, 5.41) is 13.2. The van der Waals surface area contributed by atoms with Crippen LogP contribution in [0.25, 0.3) is 28.0 Å². The number of aromatic amines is 1. The summed E-state index contributed by atoms with van der Waals surface area (Å²) in [5.74, 6) is 2.16. The molecule has 3 aromatic heterocycles. The first-order valence-corrected chi connectivity index (χ1v) is 12.6. The van der Waals surface area contributed by atoms with Gasteiger partial charge in [0.25, 0.3) is 0 Å². The molecule has 1 aromatic carbocycles. The molecule has 0 spiro atoms. The lowest BCUT2D eigenvalue weighted by Gasteiger charge is -3.08. The van der Waals surface area contributed by atoms with Crippen LogP contribution in [-0.4, -0.2) is 30.5 Å². The van der Waals surface area contributed by atoms with Gasteiger partial charge < -0.3 is 10.8 Å². The van der Waals surface area contributed by atoms with Crippen molar-refractivity contribution in [1.82, 2.24) is 19.7 Å². The number of nitrogen functional groups attached to an aromatic ring is 1. The van der Waals surface area contributed by atoms with Crippen molar-refractivity contribution in [3.05, 3.63) is 64.3 Å². The Morgan fingerprint density at radius 1 is 1.08 bits per heavy atom. The first-order valence-electron chi connectivity index (χ1n) is 12.6. The number of aromatic nitrogens is 5. The fraction of sp³-hybridized carbons (Fsp3) is 0.407. The molecule has 180 valence electrons. The predicted molar refractivity (Wildman–Crippen MR) is 127 cm³/mol.